The maximum Gasteiger partial charge on any atom is 0.227 e. The fourth-order valence-corrected chi connectivity index (χ4v) is 2.96. The van der Waals surface area contributed by atoms with Gasteiger partial charge in [0.25, 0.3) is 0 Å². The van der Waals surface area contributed by atoms with E-state index < -0.39 is 0 Å². The first-order chi connectivity index (χ1) is 11.6. The zero-order valence-corrected chi connectivity index (χ0v) is 13.4. The van der Waals surface area contributed by atoms with Gasteiger partial charge in [0, 0.05) is 23.7 Å². The molecule has 1 aliphatic carbocycles. The number of carbonyl (C=O) groups excluding carboxylic acids is 1. The highest BCUT2D eigenvalue weighted by Gasteiger charge is 2.27. The normalized spacial score (nSPS) is 19.9. The number of ether oxygens (including phenoxy) is 1. The predicted octanol–water partition coefficient (Wildman–Crippen LogP) is 3.47. The van der Waals surface area contributed by atoms with Gasteiger partial charge in [0.15, 0.2) is 0 Å². The maximum absolute atomic E-state index is 13.2. The number of carbonyl (C=O) groups is 1. The van der Waals surface area contributed by atoms with Gasteiger partial charge in [-0.15, -0.1) is 0 Å². The van der Waals surface area contributed by atoms with Crippen molar-refractivity contribution in [2.75, 3.05) is 5.32 Å². The molecule has 0 bridgehead atoms. The van der Waals surface area contributed by atoms with Gasteiger partial charge in [-0.25, -0.2) is 4.39 Å². The van der Waals surface area contributed by atoms with E-state index in [-0.39, 0.29) is 30.3 Å². The molecule has 5 heteroatoms. The van der Waals surface area contributed by atoms with E-state index in [4.69, 9.17) is 10.5 Å². The maximum atomic E-state index is 13.2. The van der Waals surface area contributed by atoms with Gasteiger partial charge in [-0.1, -0.05) is 18.2 Å². The molecule has 3 N–H and O–H groups in total. The first-order valence-corrected chi connectivity index (χ1v) is 8.14. The Labute approximate surface area is 140 Å². The summed E-state index contributed by atoms with van der Waals surface area (Å²) < 4.78 is 18.8. The minimum atomic E-state index is -0.285. The molecule has 1 amide bonds. The molecule has 0 aliphatic heterocycles. The van der Waals surface area contributed by atoms with Gasteiger partial charge >= 0.3 is 0 Å². The molecule has 2 atom stereocenters. The summed E-state index contributed by atoms with van der Waals surface area (Å²) >= 11 is 0. The fourth-order valence-electron chi connectivity index (χ4n) is 2.96. The number of hydrogen-bond donors (Lipinski definition) is 2. The molecule has 1 aliphatic rings. The number of hydrogen-bond acceptors (Lipinski definition) is 3. The summed E-state index contributed by atoms with van der Waals surface area (Å²) in [7, 11) is 0. The topological polar surface area (TPSA) is 64.4 Å². The summed E-state index contributed by atoms with van der Waals surface area (Å²) in [5.41, 5.74) is 7.31. The number of benzene rings is 2. The third-order valence-electron chi connectivity index (χ3n) is 4.24. The Morgan fingerprint density at radius 2 is 2.04 bits per heavy atom. The standard InChI is InChI=1S/C19H21FN2O2/c20-15-4-1-3-13(9-15)12-24-18-6-2-5-17(11-18)22-19(23)14-7-8-16(21)10-14/h1-6,9,11,14,16H,7-8,10,12,21H2,(H,22,23). The highest BCUT2D eigenvalue weighted by molar-refractivity contribution is 5.92. The van der Waals surface area contributed by atoms with Gasteiger partial charge in [-0.2, -0.15) is 0 Å². The van der Waals surface area contributed by atoms with Crippen LogP contribution in [-0.2, 0) is 11.4 Å². The van der Waals surface area contributed by atoms with Gasteiger partial charge in [0.2, 0.25) is 5.91 Å². The molecule has 1 fully saturated rings. The molecule has 126 valence electrons. The van der Waals surface area contributed by atoms with E-state index in [1.807, 2.05) is 12.1 Å². The lowest BCUT2D eigenvalue weighted by Gasteiger charge is -2.12. The van der Waals surface area contributed by atoms with Crippen LogP contribution in [0.25, 0.3) is 0 Å². The quantitative estimate of drug-likeness (QED) is 0.883. The third kappa shape index (κ3) is 4.32. The van der Waals surface area contributed by atoms with Gasteiger partial charge in [-0.3, -0.25) is 4.79 Å². The van der Waals surface area contributed by atoms with Crippen molar-refractivity contribution in [2.45, 2.75) is 31.9 Å². The van der Waals surface area contributed by atoms with Crippen LogP contribution in [0.15, 0.2) is 48.5 Å². The lowest BCUT2D eigenvalue weighted by atomic mass is 10.1. The van der Waals surface area contributed by atoms with Crippen LogP contribution in [0.3, 0.4) is 0 Å². The van der Waals surface area contributed by atoms with Crippen molar-refractivity contribution in [3.8, 4) is 5.75 Å². The van der Waals surface area contributed by atoms with E-state index >= 15 is 0 Å². The Bertz CT molecular complexity index is 720. The summed E-state index contributed by atoms with van der Waals surface area (Å²) in [5.74, 6) is 0.328. The van der Waals surface area contributed by atoms with Crippen LogP contribution in [0.4, 0.5) is 10.1 Å². The molecule has 0 saturated heterocycles. The first-order valence-electron chi connectivity index (χ1n) is 8.14. The Morgan fingerprint density at radius 1 is 1.21 bits per heavy atom. The summed E-state index contributed by atoms with van der Waals surface area (Å²) in [6.45, 7) is 0.270. The third-order valence-corrected chi connectivity index (χ3v) is 4.24. The fraction of sp³-hybridized carbons (Fsp3) is 0.316. The Kier molecular flexibility index (Phi) is 5.11. The summed E-state index contributed by atoms with van der Waals surface area (Å²) in [5, 5.41) is 2.92. The molecule has 2 unspecified atom stereocenters. The molecule has 2 aromatic carbocycles. The molecule has 0 radical (unpaired) electrons. The van der Waals surface area contributed by atoms with Crippen molar-refractivity contribution >= 4 is 11.6 Å². The molecule has 4 nitrogen and oxygen atoms in total. The first kappa shape index (κ1) is 16.5. The van der Waals surface area contributed by atoms with Crippen molar-refractivity contribution < 1.29 is 13.9 Å². The summed E-state index contributed by atoms with van der Waals surface area (Å²) in [6, 6.07) is 13.6. The van der Waals surface area contributed by atoms with Crippen molar-refractivity contribution in [3.63, 3.8) is 0 Å². The minimum absolute atomic E-state index is 0.00484. The largest absolute Gasteiger partial charge is 0.489 e. The highest BCUT2D eigenvalue weighted by Crippen LogP contribution is 2.26. The van der Waals surface area contributed by atoms with Crippen LogP contribution >= 0.6 is 0 Å². The Morgan fingerprint density at radius 3 is 2.79 bits per heavy atom. The zero-order chi connectivity index (χ0) is 16.9. The lowest BCUT2D eigenvalue weighted by molar-refractivity contribution is -0.119. The number of nitrogens with two attached hydrogens (primary N) is 1. The van der Waals surface area contributed by atoms with Crippen molar-refractivity contribution in [3.05, 3.63) is 59.9 Å². The van der Waals surface area contributed by atoms with Crippen LogP contribution in [0.1, 0.15) is 24.8 Å². The predicted molar refractivity (Wildman–Crippen MR) is 91.1 cm³/mol. The smallest absolute Gasteiger partial charge is 0.227 e. The van der Waals surface area contributed by atoms with E-state index in [2.05, 4.69) is 5.32 Å². The summed E-state index contributed by atoms with van der Waals surface area (Å²) in [6.07, 6.45) is 2.47. The molecule has 0 spiro atoms. The average molecular weight is 328 g/mol. The number of anilines is 1. The number of nitrogens with one attached hydrogen (secondary N) is 1. The molecule has 3 rings (SSSR count). The molecule has 0 heterocycles. The van der Waals surface area contributed by atoms with E-state index in [0.29, 0.717) is 11.4 Å². The number of halogens is 1. The van der Waals surface area contributed by atoms with Crippen LogP contribution in [0.2, 0.25) is 0 Å². The van der Waals surface area contributed by atoms with Gasteiger partial charge in [0.05, 0.1) is 0 Å². The SMILES string of the molecule is NC1CCC(C(=O)Nc2cccc(OCc3cccc(F)c3)c2)C1. The lowest BCUT2D eigenvalue weighted by Crippen LogP contribution is -2.23. The molecule has 1 saturated carbocycles. The number of rotatable bonds is 5. The second-order valence-corrected chi connectivity index (χ2v) is 6.21. The molecular formula is C19H21FN2O2. The average Bonchev–Trinajstić information content (AvgIpc) is 3.00. The molecular weight excluding hydrogens is 307 g/mol. The van der Waals surface area contributed by atoms with Crippen LogP contribution in [0, 0.1) is 11.7 Å². The number of amides is 1. The highest BCUT2D eigenvalue weighted by atomic mass is 19.1. The van der Waals surface area contributed by atoms with E-state index in [9.17, 15) is 9.18 Å². The minimum Gasteiger partial charge on any atom is -0.489 e. The van der Waals surface area contributed by atoms with Crippen molar-refractivity contribution in [1.82, 2.24) is 0 Å². The van der Waals surface area contributed by atoms with E-state index in [1.54, 1.807) is 24.3 Å². The Hall–Kier alpha value is -2.40. The van der Waals surface area contributed by atoms with E-state index in [1.165, 1.54) is 12.1 Å². The van der Waals surface area contributed by atoms with Gasteiger partial charge in [0.1, 0.15) is 18.2 Å². The van der Waals surface area contributed by atoms with Crippen LogP contribution in [0.5, 0.6) is 5.75 Å². The van der Waals surface area contributed by atoms with Crippen LogP contribution in [-0.4, -0.2) is 11.9 Å². The molecule has 24 heavy (non-hydrogen) atoms. The molecule has 0 aromatic heterocycles. The summed E-state index contributed by atoms with van der Waals surface area (Å²) in [4.78, 5) is 12.2. The van der Waals surface area contributed by atoms with Crippen molar-refractivity contribution in [2.24, 2.45) is 11.7 Å². The second kappa shape index (κ2) is 7.45. The van der Waals surface area contributed by atoms with Gasteiger partial charge < -0.3 is 15.8 Å². The Balaban J connectivity index is 1.58. The van der Waals surface area contributed by atoms with Crippen LogP contribution < -0.4 is 15.8 Å². The zero-order valence-electron chi connectivity index (χ0n) is 13.4. The van der Waals surface area contributed by atoms with Gasteiger partial charge in [-0.05, 0) is 49.1 Å². The van der Waals surface area contributed by atoms with Crippen molar-refractivity contribution in [1.29, 1.82) is 0 Å². The second-order valence-electron chi connectivity index (χ2n) is 6.21. The monoisotopic (exact) mass is 328 g/mol. The molecule has 2 aromatic rings. The van der Waals surface area contributed by atoms with E-state index in [0.717, 1.165) is 24.8 Å².